The number of carbonyl (C=O) groups excluding carboxylic acids is 2. The Labute approximate surface area is 175 Å². The van der Waals surface area contributed by atoms with Crippen LogP contribution in [0.2, 0.25) is 0 Å². The van der Waals surface area contributed by atoms with Crippen LogP contribution in [0.15, 0.2) is 54.6 Å². The van der Waals surface area contributed by atoms with E-state index in [1.165, 1.54) is 19.1 Å². The van der Waals surface area contributed by atoms with Crippen LogP contribution in [0.25, 0.3) is 0 Å². The lowest BCUT2D eigenvalue weighted by atomic mass is 9.91. The zero-order chi connectivity index (χ0) is 22.8. The maximum atomic E-state index is 13.2. The van der Waals surface area contributed by atoms with Crippen molar-refractivity contribution in [1.29, 1.82) is 0 Å². The Balaban J connectivity index is 1.91. The third-order valence-corrected chi connectivity index (χ3v) is 5.10. The van der Waals surface area contributed by atoms with E-state index in [0.29, 0.717) is 11.1 Å². The lowest BCUT2D eigenvalue weighted by Gasteiger charge is -2.29. The molecule has 1 aliphatic rings. The lowest BCUT2D eigenvalue weighted by Crippen LogP contribution is -2.51. The number of amides is 3. The Bertz CT molecular complexity index is 963. The van der Waals surface area contributed by atoms with Crippen molar-refractivity contribution in [2.24, 2.45) is 0 Å². The van der Waals surface area contributed by atoms with Crippen LogP contribution in [0.4, 0.5) is 22.8 Å². The number of hydrogen-bond donors (Lipinski definition) is 2. The first-order chi connectivity index (χ1) is 14.6. The molecule has 1 fully saturated rings. The molecule has 1 aliphatic heterocycles. The molecule has 10 heteroatoms. The van der Waals surface area contributed by atoms with E-state index in [1.54, 1.807) is 30.3 Å². The first-order valence-electron chi connectivity index (χ1n) is 9.31. The van der Waals surface area contributed by atoms with Gasteiger partial charge >= 0.3 is 18.4 Å². The highest BCUT2D eigenvalue weighted by Gasteiger charge is 2.44. The third-order valence-electron chi connectivity index (χ3n) is 5.10. The molecule has 2 aromatic rings. The van der Waals surface area contributed by atoms with Crippen LogP contribution in [0.3, 0.4) is 0 Å². The molecule has 0 radical (unpaired) electrons. The van der Waals surface area contributed by atoms with Gasteiger partial charge in [0.05, 0.1) is 5.56 Å². The number of alkyl halides is 3. The molecule has 3 atom stereocenters. The molecule has 3 rings (SSSR count). The fraction of sp³-hybridized carbons (Fsp3) is 0.286. The number of carbonyl (C=O) groups is 3. The first kappa shape index (κ1) is 22.1. The average molecular weight is 436 g/mol. The summed E-state index contributed by atoms with van der Waals surface area (Å²) in [6.45, 7) is 1.39. The van der Waals surface area contributed by atoms with E-state index in [4.69, 9.17) is 4.74 Å². The molecule has 1 saturated heterocycles. The quantitative estimate of drug-likeness (QED) is 0.734. The van der Waals surface area contributed by atoms with Gasteiger partial charge in [0, 0.05) is 5.92 Å². The van der Waals surface area contributed by atoms with Crippen LogP contribution >= 0.6 is 0 Å². The molecule has 7 nitrogen and oxygen atoms in total. The van der Waals surface area contributed by atoms with Gasteiger partial charge in [0.15, 0.2) is 0 Å². The van der Waals surface area contributed by atoms with Gasteiger partial charge in [0.2, 0.25) is 0 Å². The standard InChI is InChI=1S/C21H19F3N2O5/c1-12(13-7-9-15(10-8-13)21(22,23)24)17(25-19(28)29)18(27)26-16(11-31-20(26)30)14-5-3-2-4-6-14/h2-10,12,16-17,25H,11H2,1H3,(H,28,29)/t12-,16+,17+/m1/s1. The van der Waals surface area contributed by atoms with E-state index in [-0.39, 0.29) is 6.61 Å². The number of ether oxygens (including phenoxy) is 1. The van der Waals surface area contributed by atoms with Gasteiger partial charge in [-0.25, -0.2) is 14.5 Å². The summed E-state index contributed by atoms with van der Waals surface area (Å²) in [7, 11) is 0. The van der Waals surface area contributed by atoms with E-state index >= 15 is 0 Å². The SMILES string of the molecule is C[C@H](c1ccc(C(F)(F)F)cc1)[C@H](NC(=O)O)C(=O)N1C(=O)OC[C@H]1c1ccccc1. The molecule has 2 aromatic carbocycles. The number of cyclic esters (lactones) is 1. The summed E-state index contributed by atoms with van der Waals surface area (Å²) in [4.78, 5) is 37.7. The monoisotopic (exact) mass is 436 g/mol. The molecular formula is C21H19F3N2O5. The van der Waals surface area contributed by atoms with Crippen LogP contribution in [-0.4, -0.2) is 40.7 Å². The summed E-state index contributed by atoms with van der Waals surface area (Å²) in [5.41, 5.74) is 0.0478. The molecule has 0 unspecified atom stereocenters. The molecule has 3 amide bonds. The van der Waals surface area contributed by atoms with Crippen molar-refractivity contribution in [1.82, 2.24) is 10.2 Å². The predicted octanol–water partition coefficient (Wildman–Crippen LogP) is 4.17. The molecule has 0 bridgehead atoms. The summed E-state index contributed by atoms with van der Waals surface area (Å²) < 4.78 is 43.5. The maximum absolute atomic E-state index is 13.2. The van der Waals surface area contributed by atoms with E-state index in [0.717, 1.165) is 17.0 Å². The van der Waals surface area contributed by atoms with Crippen molar-refractivity contribution < 1.29 is 37.4 Å². The fourth-order valence-electron chi connectivity index (χ4n) is 3.44. The highest BCUT2D eigenvalue weighted by molar-refractivity contribution is 5.98. The van der Waals surface area contributed by atoms with Crippen LogP contribution in [0.1, 0.15) is 35.6 Å². The normalized spacial score (nSPS) is 18.3. The van der Waals surface area contributed by atoms with Crippen LogP contribution in [0.5, 0.6) is 0 Å². The van der Waals surface area contributed by atoms with Crippen LogP contribution in [0, 0.1) is 0 Å². The summed E-state index contributed by atoms with van der Waals surface area (Å²) in [6, 6.07) is 10.5. The van der Waals surface area contributed by atoms with Gasteiger partial charge in [-0.1, -0.05) is 49.4 Å². The van der Waals surface area contributed by atoms with E-state index < -0.39 is 47.8 Å². The van der Waals surface area contributed by atoms with Crippen molar-refractivity contribution >= 4 is 18.1 Å². The van der Waals surface area contributed by atoms with Gasteiger partial charge in [0.1, 0.15) is 18.7 Å². The molecule has 1 heterocycles. The number of carboxylic acid groups (broad SMARTS) is 1. The topological polar surface area (TPSA) is 95.9 Å². The van der Waals surface area contributed by atoms with Gasteiger partial charge in [0.25, 0.3) is 5.91 Å². The van der Waals surface area contributed by atoms with Gasteiger partial charge < -0.3 is 15.2 Å². The van der Waals surface area contributed by atoms with Crippen LogP contribution in [-0.2, 0) is 15.7 Å². The van der Waals surface area contributed by atoms with Crippen molar-refractivity contribution in [3.05, 3.63) is 71.3 Å². The zero-order valence-corrected chi connectivity index (χ0v) is 16.3. The van der Waals surface area contributed by atoms with Gasteiger partial charge in [-0.05, 0) is 23.3 Å². The highest BCUT2D eigenvalue weighted by atomic mass is 19.4. The van der Waals surface area contributed by atoms with Gasteiger partial charge in [-0.3, -0.25) is 4.79 Å². The second-order valence-corrected chi connectivity index (χ2v) is 7.05. The Hall–Kier alpha value is -3.56. The second kappa shape index (κ2) is 8.66. The second-order valence-electron chi connectivity index (χ2n) is 7.05. The molecule has 0 aromatic heterocycles. The molecule has 31 heavy (non-hydrogen) atoms. The number of halogens is 3. The number of nitrogens with zero attached hydrogens (tertiary/aromatic N) is 1. The number of rotatable bonds is 5. The van der Waals surface area contributed by atoms with E-state index in [1.807, 2.05) is 0 Å². The Morgan fingerprint density at radius 1 is 1.13 bits per heavy atom. The minimum atomic E-state index is -4.53. The summed E-state index contributed by atoms with van der Waals surface area (Å²) in [5.74, 6) is -1.72. The molecule has 0 spiro atoms. The van der Waals surface area contributed by atoms with Crippen molar-refractivity contribution in [2.45, 2.75) is 31.1 Å². The van der Waals surface area contributed by atoms with Gasteiger partial charge in [-0.15, -0.1) is 0 Å². The maximum Gasteiger partial charge on any atom is 0.417 e. The van der Waals surface area contributed by atoms with Crippen molar-refractivity contribution in [3.63, 3.8) is 0 Å². The minimum Gasteiger partial charge on any atom is -0.465 e. The van der Waals surface area contributed by atoms with Gasteiger partial charge in [-0.2, -0.15) is 13.2 Å². The Kier molecular flexibility index (Phi) is 6.19. The third kappa shape index (κ3) is 4.79. The number of benzene rings is 2. The summed E-state index contributed by atoms with van der Waals surface area (Å²) >= 11 is 0. The highest BCUT2D eigenvalue weighted by Crippen LogP contribution is 2.33. The van der Waals surface area contributed by atoms with E-state index in [9.17, 15) is 32.7 Å². The first-order valence-corrected chi connectivity index (χ1v) is 9.31. The lowest BCUT2D eigenvalue weighted by molar-refractivity contribution is -0.137. The van der Waals surface area contributed by atoms with Crippen molar-refractivity contribution in [3.8, 4) is 0 Å². The smallest absolute Gasteiger partial charge is 0.417 e. The molecule has 164 valence electrons. The molecular weight excluding hydrogens is 417 g/mol. The minimum absolute atomic E-state index is 0.0942. The largest absolute Gasteiger partial charge is 0.465 e. The fourth-order valence-corrected chi connectivity index (χ4v) is 3.44. The average Bonchev–Trinajstić information content (AvgIpc) is 3.12. The number of hydrogen-bond acceptors (Lipinski definition) is 4. The molecule has 0 aliphatic carbocycles. The van der Waals surface area contributed by atoms with Crippen LogP contribution < -0.4 is 5.32 Å². The number of nitrogens with one attached hydrogen (secondary N) is 1. The van der Waals surface area contributed by atoms with E-state index in [2.05, 4.69) is 5.32 Å². The Morgan fingerprint density at radius 2 is 1.74 bits per heavy atom. The van der Waals surface area contributed by atoms with Crippen molar-refractivity contribution in [2.75, 3.05) is 6.61 Å². The molecule has 0 saturated carbocycles. The molecule has 2 N–H and O–H groups in total. The summed E-state index contributed by atoms with van der Waals surface area (Å²) in [6.07, 6.45) is -6.96. The zero-order valence-electron chi connectivity index (χ0n) is 16.3. The number of imide groups is 1. The predicted molar refractivity (Wildman–Crippen MR) is 102 cm³/mol. The Morgan fingerprint density at radius 3 is 2.29 bits per heavy atom. The summed E-state index contributed by atoms with van der Waals surface area (Å²) in [5, 5.41) is 11.3.